The van der Waals surface area contributed by atoms with Crippen LogP contribution < -0.4 is 11.1 Å². The minimum atomic E-state index is -3.11. The van der Waals surface area contributed by atoms with Gasteiger partial charge in [-0.05, 0) is 55.9 Å². The average molecular weight is 296 g/mol. The number of benzene rings is 1. The molecular weight excluding hydrogens is 272 g/mol. The second kappa shape index (κ2) is 6.59. The highest BCUT2D eigenvalue weighted by atomic mass is 32.2. The lowest BCUT2D eigenvalue weighted by molar-refractivity contribution is 0.566. The molecule has 0 saturated heterocycles. The molecule has 3 N–H and O–H groups in total. The fourth-order valence-corrected chi connectivity index (χ4v) is 4.05. The third-order valence-electron chi connectivity index (χ3n) is 3.86. The average Bonchev–Trinajstić information content (AvgIpc) is 2.83. The van der Waals surface area contributed by atoms with Crippen LogP contribution in [-0.4, -0.2) is 26.8 Å². The first-order valence-corrected chi connectivity index (χ1v) is 8.99. The van der Waals surface area contributed by atoms with Crippen LogP contribution in [-0.2, 0) is 9.84 Å². The molecule has 1 fully saturated rings. The van der Waals surface area contributed by atoms with Gasteiger partial charge >= 0.3 is 0 Å². The smallest absolute Gasteiger partial charge is 0.178 e. The van der Waals surface area contributed by atoms with Crippen LogP contribution in [0.5, 0.6) is 0 Å². The van der Waals surface area contributed by atoms with Crippen molar-refractivity contribution in [1.29, 1.82) is 0 Å². The van der Waals surface area contributed by atoms with Crippen molar-refractivity contribution < 1.29 is 8.42 Å². The zero-order valence-corrected chi connectivity index (χ0v) is 12.8. The monoisotopic (exact) mass is 296 g/mol. The second-order valence-electron chi connectivity index (χ2n) is 5.66. The minimum absolute atomic E-state index is 0.208. The maximum absolute atomic E-state index is 11.9. The van der Waals surface area contributed by atoms with Gasteiger partial charge in [0.1, 0.15) is 0 Å². The summed E-state index contributed by atoms with van der Waals surface area (Å²) in [6, 6.07) is 7.42. The molecule has 5 heteroatoms. The van der Waals surface area contributed by atoms with E-state index in [-0.39, 0.29) is 5.75 Å². The molecule has 0 heterocycles. The van der Waals surface area contributed by atoms with Gasteiger partial charge in [-0.25, -0.2) is 8.42 Å². The van der Waals surface area contributed by atoms with Gasteiger partial charge in [0.05, 0.1) is 10.6 Å². The first kappa shape index (κ1) is 15.3. The zero-order valence-electron chi connectivity index (χ0n) is 12.0. The number of anilines is 1. The predicted molar refractivity (Wildman–Crippen MR) is 82.6 cm³/mol. The summed E-state index contributed by atoms with van der Waals surface area (Å²) in [5.41, 5.74) is 6.87. The van der Waals surface area contributed by atoms with Gasteiger partial charge in [0, 0.05) is 18.3 Å². The molecule has 20 heavy (non-hydrogen) atoms. The molecule has 4 nitrogen and oxygen atoms in total. The Bertz CT molecular complexity index is 525. The van der Waals surface area contributed by atoms with Crippen molar-refractivity contribution in [2.75, 3.05) is 17.6 Å². The molecule has 1 saturated carbocycles. The molecule has 2 unspecified atom stereocenters. The molecular formula is C15H24N2O2S. The summed E-state index contributed by atoms with van der Waals surface area (Å²) < 4.78 is 23.8. The van der Waals surface area contributed by atoms with E-state index in [4.69, 9.17) is 5.73 Å². The summed E-state index contributed by atoms with van der Waals surface area (Å²) >= 11 is 0. The van der Waals surface area contributed by atoms with Gasteiger partial charge < -0.3 is 11.1 Å². The minimum Gasteiger partial charge on any atom is -0.385 e. The number of sulfone groups is 1. The zero-order chi connectivity index (χ0) is 14.6. The van der Waals surface area contributed by atoms with E-state index in [1.165, 1.54) is 6.42 Å². The van der Waals surface area contributed by atoms with Crippen LogP contribution in [0.2, 0.25) is 0 Å². The van der Waals surface area contributed by atoms with Gasteiger partial charge in [0.25, 0.3) is 0 Å². The second-order valence-corrected chi connectivity index (χ2v) is 7.77. The number of hydrogen-bond acceptors (Lipinski definition) is 4. The van der Waals surface area contributed by atoms with Gasteiger partial charge in [-0.3, -0.25) is 0 Å². The SMILES string of the molecule is CCCS(=O)(=O)c1ccc(NCC2CCC(N)C2)cc1. The van der Waals surface area contributed by atoms with E-state index in [1.54, 1.807) is 12.1 Å². The summed E-state index contributed by atoms with van der Waals surface area (Å²) in [5, 5.41) is 3.37. The van der Waals surface area contributed by atoms with Crippen molar-refractivity contribution in [3.63, 3.8) is 0 Å². The van der Waals surface area contributed by atoms with E-state index in [2.05, 4.69) is 5.32 Å². The highest BCUT2D eigenvalue weighted by molar-refractivity contribution is 7.91. The molecule has 0 bridgehead atoms. The van der Waals surface area contributed by atoms with Crippen molar-refractivity contribution in [3.05, 3.63) is 24.3 Å². The highest BCUT2D eigenvalue weighted by Crippen LogP contribution is 2.24. The lowest BCUT2D eigenvalue weighted by Gasteiger charge is -2.12. The van der Waals surface area contributed by atoms with Crippen LogP contribution in [0.3, 0.4) is 0 Å². The van der Waals surface area contributed by atoms with E-state index in [0.29, 0.717) is 23.3 Å². The van der Waals surface area contributed by atoms with Crippen LogP contribution in [0.4, 0.5) is 5.69 Å². The fraction of sp³-hybridized carbons (Fsp3) is 0.600. The largest absolute Gasteiger partial charge is 0.385 e. The third kappa shape index (κ3) is 3.96. The van der Waals surface area contributed by atoms with Crippen molar-refractivity contribution in [1.82, 2.24) is 0 Å². The van der Waals surface area contributed by atoms with Crippen molar-refractivity contribution in [3.8, 4) is 0 Å². The van der Waals surface area contributed by atoms with Crippen LogP contribution >= 0.6 is 0 Å². The number of nitrogens with one attached hydrogen (secondary N) is 1. The standard InChI is InChI=1S/C15H24N2O2S/c1-2-9-20(18,19)15-7-5-14(6-8-15)17-11-12-3-4-13(16)10-12/h5-8,12-13,17H,2-4,9-11,16H2,1H3. The summed E-state index contributed by atoms with van der Waals surface area (Å²) in [7, 11) is -3.11. The summed E-state index contributed by atoms with van der Waals surface area (Å²) in [4.78, 5) is 0.410. The lowest BCUT2D eigenvalue weighted by Crippen LogP contribution is -2.17. The summed E-state index contributed by atoms with van der Waals surface area (Å²) in [5.74, 6) is 0.841. The van der Waals surface area contributed by atoms with E-state index in [9.17, 15) is 8.42 Å². The molecule has 0 spiro atoms. The Hall–Kier alpha value is -1.07. The van der Waals surface area contributed by atoms with Crippen molar-refractivity contribution in [2.24, 2.45) is 11.7 Å². The Morgan fingerprint density at radius 3 is 2.50 bits per heavy atom. The Morgan fingerprint density at radius 1 is 1.25 bits per heavy atom. The van der Waals surface area contributed by atoms with Gasteiger partial charge in [-0.1, -0.05) is 6.92 Å². The third-order valence-corrected chi connectivity index (χ3v) is 5.80. The van der Waals surface area contributed by atoms with Crippen molar-refractivity contribution >= 4 is 15.5 Å². The quantitative estimate of drug-likeness (QED) is 0.845. The molecule has 2 atom stereocenters. The number of rotatable bonds is 6. The van der Waals surface area contributed by atoms with Crippen molar-refractivity contribution in [2.45, 2.75) is 43.5 Å². The molecule has 112 valence electrons. The molecule has 0 aromatic heterocycles. The van der Waals surface area contributed by atoms with Crippen LogP contribution in [0.25, 0.3) is 0 Å². The van der Waals surface area contributed by atoms with E-state index >= 15 is 0 Å². The molecule has 0 aliphatic heterocycles. The molecule has 2 rings (SSSR count). The molecule has 1 aromatic carbocycles. The Morgan fingerprint density at radius 2 is 1.95 bits per heavy atom. The van der Waals surface area contributed by atoms with E-state index in [1.807, 2.05) is 19.1 Å². The van der Waals surface area contributed by atoms with Crippen LogP contribution in [0.15, 0.2) is 29.2 Å². The Labute approximate surface area is 121 Å². The number of hydrogen-bond donors (Lipinski definition) is 2. The Kier molecular flexibility index (Phi) is 5.05. The normalized spacial score (nSPS) is 22.9. The van der Waals surface area contributed by atoms with Gasteiger partial charge in [-0.2, -0.15) is 0 Å². The fourth-order valence-electron chi connectivity index (χ4n) is 2.73. The van der Waals surface area contributed by atoms with Crippen LogP contribution in [0.1, 0.15) is 32.6 Å². The molecule has 1 aliphatic rings. The molecule has 0 amide bonds. The van der Waals surface area contributed by atoms with Crippen LogP contribution in [0, 0.1) is 5.92 Å². The first-order valence-electron chi connectivity index (χ1n) is 7.33. The van der Waals surface area contributed by atoms with Gasteiger partial charge in [0.2, 0.25) is 0 Å². The molecule has 0 radical (unpaired) electrons. The van der Waals surface area contributed by atoms with Gasteiger partial charge in [-0.15, -0.1) is 0 Å². The molecule has 1 aromatic rings. The number of nitrogens with two attached hydrogens (primary N) is 1. The van der Waals surface area contributed by atoms with E-state index in [0.717, 1.165) is 25.1 Å². The lowest BCUT2D eigenvalue weighted by atomic mass is 10.1. The molecule has 1 aliphatic carbocycles. The topological polar surface area (TPSA) is 72.2 Å². The maximum atomic E-state index is 11.9. The first-order chi connectivity index (χ1) is 9.51. The Balaban J connectivity index is 1.92. The maximum Gasteiger partial charge on any atom is 0.178 e. The summed E-state index contributed by atoms with van der Waals surface area (Å²) in [6.45, 7) is 2.79. The van der Waals surface area contributed by atoms with E-state index < -0.39 is 9.84 Å². The van der Waals surface area contributed by atoms with Gasteiger partial charge in [0.15, 0.2) is 9.84 Å². The highest BCUT2D eigenvalue weighted by Gasteiger charge is 2.21. The summed E-state index contributed by atoms with van der Waals surface area (Å²) in [6.07, 6.45) is 4.01. The predicted octanol–water partition coefficient (Wildman–Crippen LogP) is 2.41.